The van der Waals surface area contributed by atoms with Gasteiger partial charge in [-0.3, -0.25) is 0 Å². The third kappa shape index (κ3) is 10.0. The zero-order chi connectivity index (χ0) is 48.0. The molecule has 22 rings (SSSR count). The van der Waals surface area contributed by atoms with E-state index >= 15 is 0 Å². The normalized spacial score (nSPS) is 55.4. The lowest BCUT2D eigenvalue weighted by Crippen LogP contribution is -2.69. The summed E-state index contributed by atoms with van der Waals surface area (Å²) in [6, 6.07) is 0. The number of hydrogen-bond acceptors (Lipinski definition) is 30. The summed E-state index contributed by atoms with van der Waals surface area (Å²) in [5.74, 6) is 0. The summed E-state index contributed by atoms with van der Waals surface area (Å²) in [6.07, 6.45) is -58.5. The molecule has 30 atom stereocenters. The van der Waals surface area contributed by atoms with Crippen LogP contribution in [0.1, 0.15) is 0 Å². The Morgan fingerprint density at radius 2 is 0.303 bits per heavy atom. The van der Waals surface area contributed by atoms with Crippen LogP contribution in [0, 0.1) is 0 Å². The van der Waals surface area contributed by atoms with Crippen LogP contribution in [0.2, 0.25) is 0 Å². The van der Waals surface area contributed by atoms with E-state index in [0.29, 0.717) is 0 Å². The van der Waals surface area contributed by atoms with Gasteiger partial charge in [0.15, 0.2) is 37.7 Å². The Kier molecular flexibility index (Phi) is 17.6. The SMILES string of the molecule is OCC1O[C@H]2O[C@@H]3C(CO)O[C@@H](O[C@@H]4C(CO)O[C@@H](O[C@@H]5C(CO)O[C@@H](O[C@@H]6C(CO)O[C@@H](O[C@@H]7C(CO)O[C@@H](O[C@H]1[C@H](O)C2O)C(O)[C@H]7O)C(O)[C@H]6O)C(O)[C@H]5O)C(O)[C@H]4O)C(O)[C@H]3O. The minimum atomic E-state index is -2.15. The van der Waals surface area contributed by atoms with Gasteiger partial charge in [-0.15, -0.1) is 0 Å². The van der Waals surface area contributed by atoms with Gasteiger partial charge in [0.05, 0.1) is 39.6 Å². The Bertz CT molecular complexity index is 1230. The molecular formula is C36H60O30. The van der Waals surface area contributed by atoms with E-state index in [4.69, 9.17) is 56.8 Å². The first-order valence-electron chi connectivity index (χ1n) is 21.1. The standard InChI is InChI=1S/C36H60O30/c37-1-7-25-13(43)19(49)31(55-7)62-26-8(2-38)57-33(21(51)15(26)45)64-28-10(4-40)59-35(23(53)17(28)47)66-30-12(6-42)60-36(24(54)18(30)48)65-29-11(5-41)58-34(22(52)16(29)46)63-27-9(3-39)56-32(61-25)20(50)14(27)44/h7-54H,1-6H2/t7?,8?,9?,10?,11?,12?,13-,14-,15-,16-,17-,18-,19?,20?,21?,22?,23?,24?,25-,26-,27-,28-,29-,30-,31+,32+,33+,34+,35+,36+/m1/s1. The first kappa shape index (κ1) is 52.6. The Balaban J connectivity index is 1.19. The average Bonchev–Trinajstić information content (AvgIpc) is 3.31. The molecular weight excluding hydrogens is 912 g/mol. The molecule has 0 saturated carbocycles. The summed E-state index contributed by atoms with van der Waals surface area (Å²) >= 11 is 0. The molecule has 66 heavy (non-hydrogen) atoms. The van der Waals surface area contributed by atoms with Gasteiger partial charge in [-0.2, -0.15) is 0 Å². The van der Waals surface area contributed by atoms with Crippen molar-refractivity contribution in [3.8, 4) is 0 Å². The Labute approximate surface area is 372 Å². The maximum atomic E-state index is 11.2. The van der Waals surface area contributed by atoms with Crippen LogP contribution in [-0.2, 0) is 56.8 Å². The lowest BCUT2D eigenvalue weighted by Gasteiger charge is -2.50. The number of aliphatic hydroxyl groups is 18. The van der Waals surface area contributed by atoms with Crippen molar-refractivity contribution in [1.82, 2.24) is 0 Å². The fourth-order valence-corrected chi connectivity index (χ4v) is 8.93. The smallest absolute Gasteiger partial charge is 0.187 e. The van der Waals surface area contributed by atoms with Crippen LogP contribution in [-0.4, -0.2) is 316 Å². The van der Waals surface area contributed by atoms with Gasteiger partial charge in [0.2, 0.25) is 0 Å². The van der Waals surface area contributed by atoms with Crippen molar-refractivity contribution in [1.29, 1.82) is 0 Å². The third-order valence-electron chi connectivity index (χ3n) is 12.7. The molecule has 12 unspecified atom stereocenters. The summed E-state index contributed by atoms with van der Waals surface area (Å²) in [5.41, 5.74) is 0. The predicted molar refractivity (Wildman–Crippen MR) is 196 cm³/mol. The highest BCUT2D eigenvalue weighted by Crippen LogP contribution is 2.38. The number of rotatable bonds is 6. The van der Waals surface area contributed by atoms with Gasteiger partial charge in [-0.1, -0.05) is 0 Å². The molecule has 0 aromatic carbocycles. The third-order valence-corrected chi connectivity index (χ3v) is 12.7. The molecule has 0 aromatic heterocycles. The monoisotopic (exact) mass is 972 g/mol. The number of ether oxygens (including phenoxy) is 12. The molecule has 30 nitrogen and oxygen atoms in total. The molecule has 0 radical (unpaired) electrons. The summed E-state index contributed by atoms with van der Waals surface area (Å²) in [5, 5.41) is 196. The van der Waals surface area contributed by atoms with Crippen molar-refractivity contribution in [3.05, 3.63) is 0 Å². The molecule has 18 N–H and O–H groups in total. The molecule has 22 fully saturated rings. The Hall–Kier alpha value is -1.20. The topological polar surface area (TPSA) is 475 Å². The highest BCUT2D eigenvalue weighted by molar-refractivity contribution is 5.01. The zero-order valence-corrected chi connectivity index (χ0v) is 34.5. The average molecular weight is 973 g/mol. The van der Waals surface area contributed by atoms with Crippen molar-refractivity contribution < 1.29 is 149 Å². The van der Waals surface area contributed by atoms with Crippen molar-refractivity contribution in [2.75, 3.05) is 39.6 Å². The lowest BCUT2D eigenvalue weighted by atomic mass is 9.94. The number of aliphatic hydroxyl groups excluding tert-OH is 18. The second-order valence-electron chi connectivity index (χ2n) is 16.8. The van der Waals surface area contributed by atoms with Crippen LogP contribution in [0.15, 0.2) is 0 Å². The molecule has 384 valence electrons. The van der Waals surface area contributed by atoms with Crippen LogP contribution in [0.3, 0.4) is 0 Å². The highest BCUT2D eigenvalue weighted by atomic mass is 16.8. The van der Waals surface area contributed by atoms with E-state index in [1.165, 1.54) is 0 Å². The Morgan fingerprint density at radius 1 is 0.182 bits per heavy atom. The second-order valence-corrected chi connectivity index (χ2v) is 16.8. The molecule has 0 aliphatic carbocycles. The van der Waals surface area contributed by atoms with Gasteiger partial charge in [0, 0.05) is 0 Å². The van der Waals surface area contributed by atoms with Crippen LogP contribution in [0.4, 0.5) is 0 Å². The molecule has 30 heteroatoms. The van der Waals surface area contributed by atoms with Gasteiger partial charge in [0.1, 0.15) is 146 Å². The van der Waals surface area contributed by atoms with Crippen molar-refractivity contribution >= 4 is 0 Å². The molecule has 22 aliphatic rings. The molecule has 12 bridgehead atoms. The molecule has 22 saturated heterocycles. The minimum absolute atomic E-state index is 0.999. The first-order valence-corrected chi connectivity index (χ1v) is 21.1. The molecule has 22 aliphatic heterocycles. The molecule has 0 spiro atoms. The van der Waals surface area contributed by atoms with Gasteiger partial charge >= 0.3 is 0 Å². The summed E-state index contributed by atoms with van der Waals surface area (Å²) < 4.78 is 67.9. The van der Waals surface area contributed by atoms with Gasteiger partial charge in [0.25, 0.3) is 0 Å². The first-order chi connectivity index (χ1) is 31.4. The molecule has 22 heterocycles. The fraction of sp³-hybridized carbons (Fsp3) is 1.00. The van der Waals surface area contributed by atoms with Crippen LogP contribution < -0.4 is 0 Å². The van der Waals surface area contributed by atoms with E-state index in [-0.39, 0.29) is 0 Å². The minimum Gasteiger partial charge on any atom is -0.394 e. The van der Waals surface area contributed by atoms with Crippen molar-refractivity contribution in [3.63, 3.8) is 0 Å². The highest BCUT2D eigenvalue weighted by Gasteiger charge is 2.58. The lowest BCUT2D eigenvalue weighted by molar-refractivity contribution is -0.404. The van der Waals surface area contributed by atoms with Crippen LogP contribution >= 0.6 is 0 Å². The molecule has 0 amide bonds. The summed E-state index contributed by atoms with van der Waals surface area (Å²) in [6.45, 7) is -5.99. The van der Waals surface area contributed by atoms with Crippen LogP contribution in [0.25, 0.3) is 0 Å². The fourth-order valence-electron chi connectivity index (χ4n) is 8.93. The van der Waals surface area contributed by atoms with Crippen molar-refractivity contribution in [2.45, 2.75) is 184 Å². The second kappa shape index (κ2) is 22.1. The quantitative estimate of drug-likeness (QED) is 0.117. The summed E-state index contributed by atoms with van der Waals surface area (Å²) in [7, 11) is 0. The molecule has 0 aromatic rings. The maximum Gasteiger partial charge on any atom is 0.187 e. The maximum absolute atomic E-state index is 11.2. The van der Waals surface area contributed by atoms with Crippen LogP contribution in [0.5, 0.6) is 0 Å². The van der Waals surface area contributed by atoms with E-state index in [1.807, 2.05) is 0 Å². The van der Waals surface area contributed by atoms with E-state index in [2.05, 4.69) is 0 Å². The van der Waals surface area contributed by atoms with Gasteiger partial charge in [-0.05, 0) is 0 Å². The zero-order valence-electron chi connectivity index (χ0n) is 34.5. The predicted octanol–water partition coefficient (Wildman–Crippen LogP) is -13.1. The largest absolute Gasteiger partial charge is 0.394 e. The van der Waals surface area contributed by atoms with Gasteiger partial charge < -0.3 is 149 Å². The van der Waals surface area contributed by atoms with E-state index in [1.54, 1.807) is 0 Å². The number of hydrogen-bond donors (Lipinski definition) is 18. The van der Waals surface area contributed by atoms with E-state index in [9.17, 15) is 91.9 Å². The summed E-state index contributed by atoms with van der Waals surface area (Å²) in [4.78, 5) is 0. The van der Waals surface area contributed by atoms with Gasteiger partial charge in [-0.25, -0.2) is 0 Å². The van der Waals surface area contributed by atoms with Crippen molar-refractivity contribution in [2.24, 2.45) is 0 Å². The van der Waals surface area contributed by atoms with E-state index in [0.717, 1.165) is 0 Å². The van der Waals surface area contributed by atoms with E-state index < -0.39 is 224 Å². The Morgan fingerprint density at radius 3 is 0.409 bits per heavy atom.